The maximum absolute atomic E-state index is 13.3. The van der Waals surface area contributed by atoms with Crippen LogP contribution >= 0.6 is 11.6 Å². The molecule has 0 bridgehead atoms. The molecule has 1 amide bonds. The number of carbonyl (C=O) groups excluding carboxylic acids is 2. The zero-order chi connectivity index (χ0) is 19.2. The summed E-state index contributed by atoms with van der Waals surface area (Å²) in [6.45, 7) is 4.18. The summed E-state index contributed by atoms with van der Waals surface area (Å²) < 4.78 is 0. The third kappa shape index (κ3) is 3.19. The van der Waals surface area contributed by atoms with Crippen molar-refractivity contribution in [2.75, 3.05) is 0 Å². The molecule has 2 fully saturated rings. The lowest BCUT2D eigenvalue weighted by molar-refractivity contribution is -0.126. The number of Topliss-reactive ketones (excluding diaryl/α,β-unsaturated/α-hetero) is 1. The van der Waals surface area contributed by atoms with E-state index in [1.807, 2.05) is 49.4 Å². The highest BCUT2D eigenvalue weighted by Crippen LogP contribution is 2.42. The maximum atomic E-state index is 13.3. The lowest BCUT2D eigenvalue weighted by Gasteiger charge is -2.34. The summed E-state index contributed by atoms with van der Waals surface area (Å²) in [7, 11) is 0. The van der Waals surface area contributed by atoms with Gasteiger partial charge in [-0.2, -0.15) is 0 Å². The van der Waals surface area contributed by atoms with Crippen LogP contribution in [0.15, 0.2) is 42.5 Å². The molecule has 4 rings (SSSR count). The van der Waals surface area contributed by atoms with Gasteiger partial charge in [0.25, 0.3) is 0 Å². The Kier molecular flexibility index (Phi) is 4.59. The Labute approximate surface area is 165 Å². The molecule has 1 atom stereocenters. The molecule has 1 aliphatic heterocycles. The van der Waals surface area contributed by atoms with Crippen molar-refractivity contribution < 1.29 is 9.59 Å². The highest BCUT2D eigenvalue weighted by atomic mass is 35.5. The van der Waals surface area contributed by atoms with E-state index < -0.39 is 11.5 Å². The monoisotopic (exact) mass is 381 g/mol. The standard InChI is InChI=1S/C23H24ClNO2/c1-14-9-11-23(12-10-14)21(26)20(22(27)25-23)19-13-17(4-3-15(19)2)16-5-7-18(24)8-6-16/h3-8,13-14,20H,9-12H2,1-2H3,(H,25,27). The van der Waals surface area contributed by atoms with Crippen molar-refractivity contribution >= 4 is 23.3 Å². The van der Waals surface area contributed by atoms with Crippen LogP contribution in [-0.4, -0.2) is 17.2 Å². The Balaban J connectivity index is 1.70. The summed E-state index contributed by atoms with van der Waals surface area (Å²) in [5, 5.41) is 3.76. The van der Waals surface area contributed by atoms with E-state index in [2.05, 4.69) is 12.2 Å². The van der Waals surface area contributed by atoms with Crippen LogP contribution in [0, 0.1) is 12.8 Å². The van der Waals surface area contributed by atoms with Crippen LogP contribution in [0.3, 0.4) is 0 Å². The van der Waals surface area contributed by atoms with Gasteiger partial charge in [-0.05, 0) is 79.0 Å². The molecule has 2 aromatic carbocycles. The highest BCUT2D eigenvalue weighted by Gasteiger charge is 2.53. The van der Waals surface area contributed by atoms with Gasteiger partial charge in [-0.1, -0.05) is 42.8 Å². The number of aryl methyl sites for hydroxylation is 1. The van der Waals surface area contributed by atoms with Gasteiger partial charge in [0.2, 0.25) is 5.91 Å². The Morgan fingerprint density at radius 2 is 1.63 bits per heavy atom. The van der Waals surface area contributed by atoms with E-state index >= 15 is 0 Å². The van der Waals surface area contributed by atoms with Gasteiger partial charge in [0.05, 0.1) is 5.54 Å². The molecule has 140 valence electrons. The summed E-state index contributed by atoms with van der Waals surface area (Å²) in [5.41, 5.74) is 3.15. The number of ketones is 1. The summed E-state index contributed by atoms with van der Waals surface area (Å²) >= 11 is 5.99. The zero-order valence-corrected chi connectivity index (χ0v) is 16.5. The third-order valence-electron chi connectivity index (χ3n) is 6.25. The molecule has 2 aromatic rings. The summed E-state index contributed by atoms with van der Waals surface area (Å²) in [6, 6.07) is 13.6. The molecular formula is C23H24ClNO2. The summed E-state index contributed by atoms with van der Waals surface area (Å²) in [6.07, 6.45) is 3.49. The first-order valence-corrected chi connectivity index (χ1v) is 10.0. The van der Waals surface area contributed by atoms with Crippen molar-refractivity contribution in [2.45, 2.75) is 51.0 Å². The fourth-order valence-electron chi connectivity index (χ4n) is 4.45. The lowest BCUT2D eigenvalue weighted by Crippen LogP contribution is -2.49. The van der Waals surface area contributed by atoms with Gasteiger partial charge in [-0.25, -0.2) is 0 Å². The van der Waals surface area contributed by atoms with Crippen molar-refractivity contribution in [1.82, 2.24) is 5.32 Å². The van der Waals surface area contributed by atoms with Crippen molar-refractivity contribution in [3.63, 3.8) is 0 Å². The quantitative estimate of drug-likeness (QED) is 0.740. The Morgan fingerprint density at radius 1 is 1.00 bits per heavy atom. The first kappa shape index (κ1) is 18.2. The number of halogens is 1. The molecule has 1 N–H and O–H groups in total. The molecule has 0 aromatic heterocycles. The number of hydrogen-bond donors (Lipinski definition) is 1. The molecule has 1 aliphatic carbocycles. The van der Waals surface area contributed by atoms with E-state index in [1.165, 1.54) is 0 Å². The SMILES string of the molecule is Cc1ccc(-c2ccc(Cl)cc2)cc1C1C(=O)NC2(CCC(C)CC2)C1=O. The van der Waals surface area contributed by atoms with Crippen LogP contribution in [0.4, 0.5) is 0 Å². The van der Waals surface area contributed by atoms with Gasteiger partial charge in [0.1, 0.15) is 5.92 Å². The second-order valence-corrected chi connectivity index (χ2v) is 8.57. The molecule has 4 heteroatoms. The minimum Gasteiger partial charge on any atom is -0.343 e. The average molecular weight is 382 g/mol. The molecule has 2 aliphatic rings. The molecule has 1 spiro atoms. The fourth-order valence-corrected chi connectivity index (χ4v) is 4.57. The van der Waals surface area contributed by atoms with Crippen LogP contribution in [0.5, 0.6) is 0 Å². The van der Waals surface area contributed by atoms with E-state index in [9.17, 15) is 9.59 Å². The van der Waals surface area contributed by atoms with E-state index in [0.717, 1.165) is 47.9 Å². The molecule has 1 heterocycles. The zero-order valence-electron chi connectivity index (χ0n) is 15.7. The number of rotatable bonds is 2. The van der Waals surface area contributed by atoms with Gasteiger partial charge in [-0.15, -0.1) is 0 Å². The van der Waals surface area contributed by atoms with Crippen LogP contribution in [-0.2, 0) is 9.59 Å². The van der Waals surface area contributed by atoms with E-state index in [4.69, 9.17) is 11.6 Å². The van der Waals surface area contributed by atoms with Crippen molar-refractivity contribution in [3.05, 3.63) is 58.6 Å². The Morgan fingerprint density at radius 3 is 2.30 bits per heavy atom. The summed E-state index contributed by atoms with van der Waals surface area (Å²) in [5.74, 6) is -0.179. The van der Waals surface area contributed by atoms with Gasteiger partial charge < -0.3 is 5.32 Å². The van der Waals surface area contributed by atoms with Gasteiger partial charge in [0.15, 0.2) is 5.78 Å². The van der Waals surface area contributed by atoms with Gasteiger partial charge in [0, 0.05) is 5.02 Å². The highest BCUT2D eigenvalue weighted by molar-refractivity contribution is 6.30. The minimum atomic E-state index is -0.703. The molecule has 27 heavy (non-hydrogen) atoms. The molecule has 1 saturated heterocycles. The summed E-state index contributed by atoms with van der Waals surface area (Å²) in [4.78, 5) is 26.2. The third-order valence-corrected chi connectivity index (χ3v) is 6.51. The smallest absolute Gasteiger partial charge is 0.235 e. The predicted molar refractivity (Wildman–Crippen MR) is 108 cm³/mol. The largest absolute Gasteiger partial charge is 0.343 e. The Bertz CT molecular complexity index is 895. The molecule has 3 nitrogen and oxygen atoms in total. The van der Waals surface area contributed by atoms with Crippen LogP contribution < -0.4 is 5.32 Å². The lowest BCUT2D eigenvalue weighted by atomic mass is 9.73. The van der Waals surface area contributed by atoms with Crippen LogP contribution in [0.25, 0.3) is 11.1 Å². The molecule has 1 unspecified atom stereocenters. The average Bonchev–Trinajstić information content (AvgIpc) is 2.89. The topological polar surface area (TPSA) is 46.2 Å². The second kappa shape index (κ2) is 6.79. The number of carbonyl (C=O) groups is 2. The predicted octanol–water partition coefficient (Wildman–Crippen LogP) is 5.05. The normalized spacial score (nSPS) is 27.8. The molecular weight excluding hydrogens is 358 g/mol. The number of amides is 1. The fraction of sp³-hybridized carbons (Fsp3) is 0.391. The van der Waals surface area contributed by atoms with Crippen molar-refractivity contribution in [3.8, 4) is 11.1 Å². The van der Waals surface area contributed by atoms with E-state index in [-0.39, 0.29) is 11.7 Å². The first-order chi connectivity index (χ1) is 12.9. The van der Waals surface area contributed by atoms with Crippen LogP contribution in [0.1, 0.15) is 49.7 Å². The number of hydrogen-bond acceptors (Lipinski definition) is 2. The van der Waals surface area contributed by atoms with E-state index in [0.29, 0.717) is 10.9 Å². The second-order valence-electron chi connectivity index (χ2n) is 8.13. The maximum Gasteiger partial charge on any atom is 0.235 e. The Hall–Kier alpha value is -2.13. The molecule has 1 saturated carbocycles. The molecule has 0 radical (unpaired) electrons. The number of benzene rings is 2. The van der Waals surface area contributed by atoms with Gasteiger partial charge in [-0.3, -0.25) is 9.59 Å². The van der Waals surface area contributed by atoms with E-state index in [1.54, 1.807) is 0 Å². The van der Waals surface area contributed by atoms with Crippen molar-refractivity contribution in [1.29, 1.82) is 0 Å². The number of nitrogens with one attached hydrogen (secondary N) is 1. The first-order valence-electron chi connectivity index (χ1n) is 9.62. The van der Waals surface area contributed by atoms with Gasteiger partial charge >= 0.3 is 0 Å². The van der Waals surface area contributed by atoms with Crippen LogP contribution in [0.2, 0.25) is 5.02 Å². The minimum absolute atomic E-state index is 0.0516. The van der Waals surface area contributed by atoms with Crippen molar-refractivity contribution in [2.24, 2.45) is 5.92 Å².